The predicted octanol–water partition coefficient (Wildman–Crippen LogP) is 3.91. The summed E-state index contributed by atoms with van der Waals surface area (Å²) < 4.78 is 1.47. The van der Waals surface area contributed by atoms with E-state index in [9.17, 15) is 4.79 Å². The number of hydrogen-bond acceptors (Lipinski definition) is 4. The predicted molar refractivity (Wildman–Crippen MR) is 83.9 cm³/mol. The highest BCUT2D eigenvalue weighted by Gasteiger charge is 2.11. The van der Waals surface area contributed by atoms with Crippen LogP contribution in [0.5, 0.6) is 0 Å². The monoisotopic (exact) mass is 301 g/mol. The molecule has 100 valence electrons. The smallest absolute Gasteiger partial charge is 0.260 e. The molecule has 0 saturated carbocycles. The number of aromatic amines is 1. The normalized spacial score (nSPS) is 10.7. The fourth-order valence-corrected chi connectivity index (χ4v) is 3.04. The number of aryl methyl sites for hydroxylation is 1. The van der Waals surface area contributed by atoms with Gasteiger partial charge in [0.05, 0.1) is 15.8 Å². The van der Waals surface area contributed by atoms with E-state index in [1.807, 2.05) is 19.1 Å². The Kier molecular flexibility index (Phi) is 3.33. The van der Waals surface area contributed by atoms with Crippen LogP contribution in [0.2, 0.25) is 0 Å². The van der Waals surface area contributed by atoms with Crippen LogP contribution in [0.15, 0.2) is 36.5 Å². The third kappa shape index (κ3) is 2.48. The first-order valence-electron chi connectivity index (χ1n) is 6.00. The summed E-state index contributed by atoms with van der Waals surface area (Å²) in [5.41, 5.74) is 2.50. The third-order valence-corrected chi connectivity index (χ3v) is 4.10. The maximum atomic E-state index is 12.1. The second-order valence-corrected chi connectivity index (χ2v) is 5.80. The van der Waals surface area contributed by atoms with Gasteiger partial charge in [-0.25, -0.2) is 4.98 Å². The Morgan fingerprint density at radius 3 is 3.05 bits per heavy atom. The standard InChI is InChI=1S/C14H11N3OS2/c1-8-4-5-10-11(7-8)20-14(16-10)17-12(18)9-3-2-6-15-13(9)19/h2-7H,1H3,(H,15,19)(H,16,17,18). The van der Waals surface area contributed by atoms with Gasteiger partial charge >= 0.3 is 0 Å². The van der Waals surface area contributed by atoms with Gasteiger partial charge in [0.25, 0.3) is 5.91 Å². The minimum Gasteiger partial charge on any atom is -0.352 e. The van der Waals surface area contributed by atoms with Crippen molar-refractivity contribution in [2.75, 3.05) is 5.32 Å². The Morgan fingerprint density at radius 2 is 2.25 bits per heavy atom. The van der Waals surface area contributed by atoms with Crippen LogP contribution < -0.4 is 5.32 Å². The molecule has 0 saturated heterocycles. The van der Waals surface area contributed by atoms with Crippen LogP contribution in [0.3, 0.4) is 0 Å². The molecule has 20 heavy (non-hydrogen) atoms. The van der Waals surface area contributed by atoms with Crippen molar-refractivity contribution in [1.29, 1.82) is 0 Å². The number of amides is 1. The van der Waals surface area contributed by atoms with Crippen molar-refractivity contribution in [1.82, 2.24) is 9.97 Å². The Balaban J connectivity index is 1.91. The van der Waals surface area contributed by atoms with E-state index in [1.165, 1.54) is 16.9 Å². The van der Waals surface area contributed by atoms with E-state index in [0.29, 0.717) is 15.3 Å². The third-order valence-electron chi connectivity index (χ3n) is 2.83. The lowest BCUT2D eigenvalue weighted by atomic mass is 10.2. The SMILES string of the molecule is Cc1ccc2nc(NC(=O)c3ccc[nH]c3=S)sc2c1. The Hall–Kier alpha value is -2.05. The number of pyridine rings is 1. The Morgan fingerprint density at radius 1 is 1.40 bits per heavy atom. The van der Waals surface area contributed by atoms with Crippen molar-refractivity contribution in [2.45, 2.75) is 6.92 Å². The highest BCUT2D eigenvalue weighted by Crippen LogP contribution is 2.26. The van der Waals surface area contributed by atoms with Crippen LogP contribution in [0, 0.1) is 11.6 Å². The van der Waals surface area contributed by atoms with Gasteiger partial charge in [-0.2, -0.15) is 0 Å². The summed E-state index contributed by atoms with van der Waals surface area (Å²) in [7, 11) is 0. The van der Waals surface area contributed by atoms with E-state index in [2.05, 4.69) is 21.4 Å². The molecule has 0 bridgehead atoms. The largest absolute Gasteiger partial charge is 0.352 e. The molecule has 1 aromatic carbocycles. The number of rotatable bonds is 2. The number of hydrogen-bond donors (Lipinski definition) is 2. The first kappa shape index (κ1) is 13.0. The first-order chi connectivity index (χ1) is 9.63. The average molecular weight is 301 g/mol. The molecule has 0 unspecified atom stereocenters. The molecule has 0 fully saturated rings. The molecule has 2 aromatic heterocycles. The van der Waals surface area contributed by atoms with Gasteiger partial charge in [-0.05, 0) is 36.8 Å². The van der Waals surface area contributed by atoms with Gasteiger partial charge in [-0.15, -0.1) is 0 Å². The van der Waals surface area contributed by atoms with Crippen molar-refractivity contribution >= 4 is 44.8 Å². The quantitative estimate of drug-likeness (QED) is 0.705. The molecule has 2 N–H and O–H groups in total. The van der Waals surface area contributed by atoms with E-state index in [-0.39, 0.29) is 5.91 Å². The fourth-order valence-electron chi connectivity index (χ4n) is 1.85. The van der Waals surface area contributed by atoms with E-state index < -0.39 is 0 Å². The van der Waals surface area contributed by atoms with Crippen LogP contribution in [-0.2, 0) is 0 Å². The zero-order valence-corrected chi connectivity index (χ0v) is 12.3. The highest BCUT2D eigenvalue weighted by molar-refractivity contribution is 7.71. The maximum absolute atomic E-state index is 12.1. The van der Waals surface area contributed by atoms with Gasteiger partial charge in [-0.3, -0.25) is 10.1 Å². The number of carbonyl (C=O) groups is 1. The lowest BCUT2D eigenvalue weighted by molar-refractivity contribution is 0.102. The summed E-state index contributed by atoms with van der Waals surface area (Å²) in [6, 6.07) is 9.43. The summed E-state index contributed by atoms with van der Waals surface area (Å²) >= 11 is 6.55. The Labute approximate surface area is 124 Å². The van der Waals surface area contributed by atoms with E-state index in [0.717, 1.165) is 10.2 Å². The Bertz CT molecular complexity index is 851. The lowest BCUT2D eigenvalue weighted by Crippen LogP contribution is -2.12. The molecule has 1 amide bonds. The minimum absolute atomic E-state index is 0.248. The van der Waals surface area contributed by atoms with Crippen LogP contribution in [0.25, 0.3) is 10.2 Å². The van der Waals surface area contributed by atoms with Gasteiger partial charge in [0, 0.05) is 6.20 Å². The van der Waals surface area contributed by atoms with Gasteiger partial charge < -0.3 is 4.98 Å². The molecular formula is C14H11N3OS2. The van der Waals surface area contributed by atoms with Gasteiger partial charge in [-0.1, -0.05) is 29.6 Å². The topological polar surface area (TPSA) is 57.8 Å². The summed E-state index contributed by atoms with van der Waals surface area (Å²) in [4.78, 5) is 19.4. The number of fused-ring (bicyclic) bond motifs is 1. The molecule has 6 heteroatoms. The van der Waals surface area contributed by atoms with Gasteiger partial charge in [0.15, 0.2) is 5.13 Å². The van der Waals surface area contributed by atoms with Crippen LogP contribution in [0.4, 0.5) is 5.13 Å². The lowest BCUT2D eigenvalue weighted by Gasteiger charge is -2.00. The van der Waals surface area contributed by atoms with Crippen molar-refractivity contribution in [3.05, 3.63) is 52.3 Å². The number of thiazole rings is 1. The number of anilines is 1. The number of benzene rings is 1. The van der Waals surface area contributed by atoms with Crippen molar-refractivity contribution in [3.63, 3.8) is 0 Å². The van der Waals surface area contributed by atoms with E-state index in [4.69, 9.17) is 12.2 Å². The number of carbonyl (C=O) groups excluding carboxylic acids is 1. The maximum Gasteiger partial charge on any atom is 0.260 e. The molecule has 3 rings (SSSR count). The first-order valence-corrected chi connectivity index (χ1v) is 7.22. The van der Waals surface area contributed by atoms with E-state index >= 15 is 0 Å². The average Bonchev–Trinajstić information content (AvgIpc) is 2.80. The van der Waals surface area contributed by atoms with Crippen molar-refractivity contribution < 1.29 is 4.79 Å². The van der Waals surface area contributed by atoms with Gasteiger partial charge in [0.2, 0.25) is 0 Å². The van der Waals surface area contributed by atoms with Crippen LogP contribution in [0.1, 0.15) is 15.9 Å². The van der Waals surface area contributed by atoms with Gasteiger partial charge in [0.1, 0.15) is 4.64 Å². The second kappa shape index (κ2) is 5.15. The second-order valence-electron chi connectivity index (χ2n) is 4.36. The zero-order chi connectivity index (χ0) is 14.1. The molecular weight excluding hydrogens is 290 g/mol. The molecule has 0 aliphatic heterocycles. The summed E-state index contributed by atoms with van der Waals surface area (Å²) in [5.74, 6) is -0.248. The zero-order valence-electron chi connectivity index (χ0n) is 10.6. The molecule has 3 aromatic rings. The van der Waals surface area contributed by atoms with Crippen LogP contribution in [-0.4, -0.2) is 15.9 Å². The highest BCUT2D eigenvalue weighted by atomic mass is 32.1. The number of nitrogens with one attached hydrogen (secondary N) is 2. The number of nitrogens with zero attached hydrogens (tertiary/aromatic N) is 1. The summed E-state index contributed by atoms with van der Waals surface area (Å²) in [6.07, 6.45) is 1.69. The summed E-state index contributed by atoms with van der Waals surface area (Å²) in [6.45, 7) is 2.03. The molecule has 2 heterocycles. The fraction of sp³-hybridized carbons (Fsp3) is 0.0714. The molecule has 0 aliphatic rings. The minimum atomic E-state index is -0.248. The molecule has 0 radical (unpaired) electrons. The molecule has 4 nitrogen and oxygen atoms in total. The molecule has 0 aliphatic carbocycles. The summed E-state index contributed by atoms with van der Waals surface area (Å²) in [5, 5.41) is 3.37. The molecule has 0 spiro atoms. The van der Waals surface area contributed by atoms with Crippen molar-refractivity contribution in [3.8, 4) is 0 Å². The van der Waals surface area contributed by atoms with Crippen LogP contribution >= 0.6 is 23.6 Å². The number of H-pyrrole nitrogens is 1. The van der Waals surface area contributed by atoms with Crippen molar-refractivity contribution in [2.24, 2.45) is 0 Å². The molecule has 0 atom stereocenters. The van der Waals surface area contributed by atoms with E-state index in [1.54, 1.807) is 18.3 Å². The number of aromatic nitrogens is 2.